The van der Waals surface area contributed by atoms with E-state index in [0.29, 0.717) is 18.8 Å². The second-order valence-corrected chi connectivity index (χ2v) is 7.51. The van der Waals surface area contributed by atoms with Gasteiger partial charge in [0.25, 0.3) is 5.91 Å². The van der Waals surface area contributed by atoms with E-state index in [2.05, 4.69) is 10.2 Å². The van der Waals surface area contributed by atoms with Crippen LogP contribution < -0.4 is 5.32 Å². The zero-order valence-electron chi connectivity index (χ0n) is 16.3. The van der Waals surface area contributed by atoms with Crippen LogP contribution in [0.3, 0.4) is 0 Å². The molecule has 1 aliphatic heterocycles. The number of carbonyl (C=O) groups is 1. The fraction of sp³-hybridized carbons (Fsp3) is 0.500. The summed E-state index contributed by atoms with van der Waals surface area (Å²) < 4.78 is 32.7. The molecule has 3 N–H and O–H groups in total. The molecule has 2 atom stereocenters. The van der Waals surface area contributed by atoms with Crippen LogP contribution >= 0.6 is 0 Å². The number of carbonyl (C=O) groups excluding carboxylic acids is 1. The van der Waals surface area contributed by atoms with Crippen LogP contribution in [0.15, 0.2) is 29.7 Å². The molecule has 0 spiro atoms. The van der Waals surface area contributed by atoms with Gasteiger partial charge in [0.2, 0.25) is 5.76 Å². The van der Waals surface area contributed by atoms with Crippen LogP contribution in [0.2, 0.25) is 0 Å². The summed E-state index contributed by atoms with van der Waals surface area (Å²) in [7, 11) is 2.00. The number of aliphatic hydroxyl groups is 1. The van der Waals surface area contributed by atoms with Gasteiger partial charge in [-0.1, -0.05) is 0 Å². The smallest absolute Gasteiger partial charge is 0.293 e. The average molecular weight is 408 g/mol. The molecule has 1 amide bonds. The van der Waals surface area contributed by atoms with Crippen molar-refractivity contribution in [3.8, 4) is 0 Å². The first-order valence-electron chi connectivity index (χ1n) is 9.60. The molecule has 7 nitrogen and oxygen atoms in total. The van der Waals surface area contributed by atoms with Crippen molar-refractivity contribution in [2.45, 2.75) is 6.42 Å². The van der Waals surface area contributed by atoms with E-state index in [1.807, 2.05) is 11.9 Å². The first kappa shape index (κ1) is 21.2. The molecule has 0 unspecified atom stereocenters. The van der Waals surface area contributed by atoms with Gasteiger partial charge in [-0.2, -0.15) is 0 Å². The van der Waals surface area contributed by atoms with Crippen molar-refractivity contribution in [1.29, 1.82) is 5.41 Å². The van der Waals surface area contributed by atoms with E-state index in [1.165, 1.54) is 0 Å². The van der Waals surface area contributed by atoms with Crippen molar-refractivity contribution in [1.82, 2.24) is 9.80 Å². The summed E-state index contributed by atoms with van der Waals surface area (Å²) in [5.74, 6) is -2.03. The average Bonchev–Trinajstić information content (AvgIpc) is 3.44. The summed E-state index contributed by atoms with van der Waals surface area (Å²) in [4.78, 5) is 16.9. The lowest BCUT2D eigenvalue weighted by Gasteiger charge is -2.35. The first-order valence-corrected chi connectivity index (χ1v) is 9.60. The molecule has 158 valence electrons. The quantitative estimate of drug-likeness (QED) is 0.346. The van der Waals surface area contributed by atoms with Gasteiger partial charge in [0.1, 0.15) is 17.3 Å². The van der Waals surface area contributed by atoms with E-state index in [9.17, 15) is 18.7 Å². The van der Waals surface area contributed by atoms with Crippen LogP contribution in [0.4, 0.5) is 14.5 Å². The number of hydrogen-bond acceptors (Lipinski definition) is 6. The highest BCUT2D eigenvalue weighted by molar-refractivity contribution is 6.05. The molecule has 2 aliphatic rings. The summed E-state index contributed by atoms with van der Waals surface area (Å²) in [6.07, 6.45) is 1.89. The SMILES string of the molecule is CN1CCN(/C(C=N)=C(\OC[C@H]2C[C@@H]2CO)C(=O)Nc2cc(F)cc(F)c2)CC1. The third-order valence-electron chi connectivity index (χ3n) is 5.29. The van der Waals surface area contributed by atoms with Crippen LogP contribution in [0.25, 0.3) is 0 Å². The second kappa shape index (κ2) is 9.32. The number of rotatable bonds is 8. The lowest BCUT2D eigenvalue weighted by molar-refractivity contribution is -0.116. The number of hydrogen-bond donors (Lipinski definition) is 3. The fourth-order valence-electron chi connectivity index (χ4n) is 3.35. The van der Waals surface area contributed by atoms with Crippen molar-refractivity contribution >= 4 is 17.8 Å². The van der Waals surface area contributed by atoms with Gasteiger partial charge in [0.15, 0.2) is 0 Å². The number of nitrogens with one attached hydrogen (secondary N) is 2. The molecule has 1 heterocycles. The molecule has 1 aromatic rings. The zero-order valence-corrected chi connectivity index (χ0v) is 16.3. The zero-order chi connectivity index (χ0) is 21.0. The van der Waals surface area contributed by atoms with Crippen molar-refractivity contribution in [2.24, 2.45) is 11.8 Å². The number of likely N-dealkylation sites (N-methyl/N-ethyl adjacent to an activating group) is 1. The highest BCUT2D eigenvalue weighted by atomic mass is 19.1. The minimum atomic E-state index is -0.804. The van der Waals surface area contributed by atoms with E-state index in [-0.39, 0.29) is 36.5 Å². The number of allylic oxidation sites excluding steroid dienone is 1. The van der Waals surface area contributed by atoms with Gasteiger partial charge < -0.3 is 30.4 Å². The van der Waals surface area contributed by atoms with Crippen molar-refractivity contribution in [3.63, 3.8) is 0 Å². The highest BCUT2D eigenvalue weighted by Crippen LogP contribution is 2.38. The van der Waals surface area contributed by atoms with Gasteiger partial charge in [-0.15, -0.1) is 0 Å². The second-order valence-electron chi connectivity index (χ2n) is 7.51. The molecule has 1 saturated carbocycles. The standard InChI is InChI=1S/C20H26F2N4O3/c1-25-2-4-26(5-3-25)18(10-23)19(29-12-14-6-13(14)11-27)20(28)24-17-8-15(21)7-16(22)9-17/h7-10,13-14,23,27H,2-6,11-12H2,1H3,(H,24,28)/b19-18-,23-10?/t13-,14-/m1/s1. The Morgan fingerprint density at radius 1 is 1.24 bits per heavy atom. The maximum Gasteiger partial charge on any atom is 0.293 e. The van der Waals surface area contributed by atoms with E-state index >= 15 is 0 Å². The number of anilines is 1. The Labute approximate surface area is 168 Å². The minimum Gasteiger partial charge on any atom is -0.486 e. The van der Waals surface area contributed by atoms with Crippen LogP contribution in [-0.4, -0.2) is 73.5 Å². The monoisotopic (exact) mass is 408 g/mol. The lowest BCUT2D eigenvalue weighted by atomic mass is 10.2. The third kappa shape index (κ3) is 5.51. The molecule has 0 bridgehead atoms. The topological polar surface area (TPSA) is 88.9 Å². The number of nitrogens with zero attached hydrogens (tertiary/aromatic N) is 2. The predicted molar refractivity (Wildman–Crippen MR) is 105 cm³/mol. The number of ether oxygens (including phenoxy) is 1. The molecule has 0 aromatic heterocycles. The summed E-state index contributed by atoms with van der Waals surface area (Å²) in [5.41, 5.74) is 0.296. The van der Waals surface area contributed by atoms with Gasteiger partial charge in [0, 0.05) is 50.8 Å². The van der Waals surface area contributed by atoms with Crippen LogP contribution in [0, 0.1) is 28.9 Å². The molecule has 0 radical (unpaired) electrons. The van der Waals surface area contributed by atoms with Gasteiger partial charge in [-0.3, -0.25) is 4.79 Å². The Kier molecular flexibility index (Phi) is 6.81. The number of aliphatic hydroxyl groups excluding tert-OH is 1. The van der Waals surface area contributed by atoms with Gasteiger partial charge >= 0.3 is 0 Å². The number of amides is 1. The molecule has 2 fully saturated rings. The van der Waals surface area contributed by atoms with Gasteiger partial charge in [-0.05, 0) is 37.4 Å². The molecular formula is C20H26F2N4O3. The molecule has 1 saturated heterocycles. The van der Waals surface area contributed by atoms with E-state index in [0.717, 1.165) is 43.9 Å². The Hall–Kier alpha value is -2.52. The molecule has 29 heavy (non-hydrogen) atoms. The maximum atomic E-state index is 13.5. The molecular weight excluding hydrogens is 382 g/mol. The molecule has 1 aliphatic carbocycles. The van der Waals surface area contributed by atoms with E-state index < -0.39 is 17.5 Å². The first-order chi connectivity index (χ1) is 13.9. The van der Waals surface area contributed by atoms with Gasteiger partial charge in [-0.25, -0.2) is 8.78 Å². The normalized spacial score (nSPS) is 22.7. The van der Waals surface area contributed by atoms with Crippen LogP contribution in [0.5, 0.6) is 0 Å². The Balaban J connectivity index is 1.82. The largest absolute Gasteiger partial charge is 0.486 e. The third-order valence-corrected chi connectivity index (χ3v) is 5.29. The van der Waals surface area contributed by atoms with Gasteiger partial charge in [0.05, 0.1) is 6.61 Å². The Bertz CT molecular complexity index is 774. The highest BCUT2D eigenvalue weighted by Gasteiger charge is 2.37. The van der Waals surface area contributed by atoms with Crippen molar-refractivity contribution < 1.29 is 23.4 Å². The minimum absolute atomic E-state index is 0.0315. The van der Waals surface area contributed by atoms with Crippen LogP contribution in [-0.2, 0) is 9.53 Å². The summed E-state index contributed by atoms with van der Waals surface area (Å²) in [6.45, 7) is 3.10. The summed E-state index contributed by atoms with van der Waals surface area (Å²) in [5, 5.41) is 19.5. The molecule has 1 aromatic carbocycles. The molecule has 9 heteroatoms. The lowest BCUT2D eigenvalue weighted by Crippen LogP contribution is -2.45. The Morgan fingerprint density at radius 3 is 2.45 bits per heavy atom. The maximum absolute atomic E-state index is 13.5. The van der Waals surface area contributed by atoms with E-state index in [1.54, 1.807) is 0 Å². The van der Waals surface area contributed by atoms with Crippen molar-refractivity contribution in [3.05, 3.63) is 41.3 Å². The number of piperazine rings is 1. The fourth-order valence-corrected chi connectivity index (χ4v) is 3.35. The summed E-state index contributed by atoms with van der Waals surface area (Å²) >= 11 is 0. The number of halogens is 2. The predicted octanol–water partition coefficient (Wildman–Crippen LogP) is 1.66. The number of benzene rings is 1. The Morgan fingerprint density at radius 2 is 1.90 bits per heavy atom. The molecule has 3 rings (SSSR count). The summed E-state index contributed by atoms with van der Waals surface area (Å²) in [6, 6.07) is 2.75. The van der Waals surface area contributed by atoms with Crippen molar-refractivity contribution in [2.75, 3.05) is 51.8 Å². The van der Waals surface area contributed by atoms with E-state index in [4.69, 9.17) is 10.1 Å². The van der Waals surface area contributed by atoms with Crippen LogP contribution in [0.1, 0.15) is 6.42 Å².